The van der Waals surface area contributed by atoms with Gasteiger partial charge in [-0.1, -0.05) is 23.2 Å². The van der Waals surface area contributed by atoms with E-state index in [4.69, 9.17) is 32.7 Å². The lowest BCUT2D eigenvalue weighted by molar-refractivity contribution is -0.123. The van der Waals surface area contributed by atoms with Crippen molar-refractivity contribution in [2.45, 2.75) is 101 Å². The molecule has 8 heterocycles. The summed E-state index contributed by atoms with van der Waals surface area (Å²) in [4.78, 5) is 74.7. The predicted molar refractivity (Wildman–Crippen MR) is 379 cm³/mol. The Hall–Kier alpha value is -11.1. The molecule has 8 aromatic heterocycles. The number of hydrogen-bond donors (Lipinski definition) is 4. The molecule has 2 atom stereocenters. The van der Waals surface area contributed by atoms with Gasteiger partial charge in [-0.2, -0.15) is 30.4 Å². The zero-order valence-corrected chi connectivity index (χ0v) is 60.0. The number of hydrogen-bond acceptors (Lipinski definition) is 18. The molecule has 564 valence electrons. The highest BCUT2D eigenvalue weighted by Crippen LogP contribution is 2.42. The molecule has 2 aliphatic carbocycles. The molecule has 0 saturated heterocycles. The number of ether oxygens (including phenoxy) is 2. The second-order valence-electron chi connectivity index (χ2n) is 25.5. The molecule has 0 bridgehead atoms. The molecule has 4 aromatic carbocycles. The maximum atomic E-state index is 14.6. The SMILES string of the molecule is COc1ccc2c(=O)n(-c3ccc(Cl)c4c(NS(C)(=O)=O)nn(CC(F)F)c34)c([C@H](Cc3cc(F)cc(F)c3)NC(=O)Cn3ccc(C4CC4)n3)nc2n1.COc1ccc2c(=O)n(-c3ccc(Cl)c4c(NS(C)(=O)=O)nn(CC(F)F)c34)c([C@H](Cc3cc(F)cc(F)c3)NC(=O)Cn3ccc(C4CC4)n3)nc2n1. The molecule has 28 nitrogen and oxygen atoms in total. The first-order valence-corrected chi connectivity index (χ1v) is 37.3. The monoisotopic (exact) mass is 1570 g/mol. The molecule has 0 spiro atoms. The highest BCUT2D eigenvalue weighted by atomic mass is 35.5. The second-order valence-corrected chi connectivity index (χ2v) is 29.8. The first-order valence-electron chi connectivity index (χ1n) is 32.8. The number of amides is 2. The molecule has 12 aromatic rings. The quantitative estimate of drug-likeness (QED) is 0.0366. The van der Waals surface area contributed by atoms with E-state index < -0.39 is 104 Å². The number of aromatic nitrogens is 14. The summed E-state index contributed by atoms with van der Waals surface area (Å²) in [5.41, 5.74) is -0.745. The van der Waals surface area contributed by atoms with Crippen molar-refractivity contribution in [3.63, 3.8) is 0 Å². The fraction of sp³-hybridized carbons (Fsp3) is 0.294. The number of carbonyl (C=O) groups is 2. The van der Waals surface area contributed by atoms with E-state index in [1.807, 2.05) is 0 Å². The highest BCUT2D eigenvalue weighted by Gasteiger charge is 2.34. The number of rotatable bonds is 26. The summed E-state index contributed by atoms with van der Waals surface area (Å²) in [7, 11) is -5.33. The Morgan fingerprint density at radius 3 is 1.23 bits per heavy atom. The Morgan fingerprint density at radius 1 is 0.528 bits per heavy atom. The third-order valence-electron chi connectivity index (χ3n) is 17.1. The van der Waals surface area contributed by atoms with Crippen LogP contribution in [-0.2, 0) is 68.7 Å². The lowest BCUT2D eigenvalue weighted by atomic mass is 10.0. The summed E-state index contributed by atoms with van der Waals surface area (Å²) >= 11 is 13.1. The summed E-state index contributed by atoms with van der Waals surface area (Å²) in [5, 5.41) is 22.2. The second kappa shape index (κ2) is 30.3. The Balaban J connectivity index is 0.000000190. The van der Waals surface area contributed by atoms with Gasteiger partial charge >= 0.3 is 0 Å². The topological polar surface area (TPSA) is 336 Å². The maximum absolute atomic E-state index is 14.6. The van der Waals surface area contributed by atoms with Gasteiger partial charge in [-0.25, -0.2) is 61.9 Å². The van der Waals surface area contributed by atoms with E-state index in [2.05, 4.69) is 60.4 Å². The van der Waals surface area contributed by atoms with Crippen molar-refractivity contribution in [3.05, 3.63) is 198 Å². The largest absolute Gasteiger partial charge is 0.481 e. The van der Waals surface area contributed by atoms with Crippen molar-refractivity contribution < 1.29 is 71.0 Å². The van der Waals surface area contributed by atoms with Crippen molar-refractivity contribution in [3.8, 4) is 23.1 Å². The molecule has 2 fully saturated rings. The van der Waals surface area contributed by atoms with Crippen LogP contribution in [0.25, 0.3) is 55.2 Å². The number of benzene rings is 4. The van der Waals surface area contributed by atoms with Crippen LogP contribution in [0, 0.1) is 23.3 Å². The van der Waals surface area contributed by atoms with Gasteiger partial charge in [0.05, 0.1) is 104 Å². The number of pyridine rings is 2. The van der Waals surface area contributed by atoms with Gasteiger partial charge in [0.25, 0.3) is 24.0 Å². The number of alkyl halides is 4. The minimum atomic E-state index is -4.01. The molecule has 14 rings (SSSR count). The Bertz CT molecular complexity index is 5540. The van der Waals surface area contributed by atoms with E-state index >= 15 is 0 Å². The van der Waals surface area contributed by atoms with E-state index in [-0.39, 0.29) is 137 Å². The van der Waals surface area contributed by atoms with Crippen molar-refractivity contribution in [1.29, 1.82) is 0 Å². The van der Waals surface area contributed by atoms with Gasteiger partial charge in [0.15, 0.2) is 22.9 Å². The summed E-state index contributed by atoms with van der Waals surface area (Å²) in [5.74, 6) is -5.34. The third-order valence-corrected chi connectivity index (χ3v) is 18.9. The summed E-state index contributed by atoms with van der Waals surface area (Å²) in [6.07, 6.45) is 2.24. The van der Waals surface area contributed by atoms with E-state index in [1.165, 1.54) is 72.1 Å². The van der Waals surface area contributed by atoms with Crippen molar-refractivity contribution in [1.82, 2.24) is 78.8 Å². The summed E-state index contributed by atoms with van der Waals surface area (Å²) < 4.78 is 185. The van der Waals surface area contributed by atoms with E-state index in [0.29, 0.717) is 24.0 Å². The lowest BCUT2D eigenvalue weighted by Gasteiger charge is -2.24. The molecule has 40 heteroatoms. The predicted octanol–water partition coefficient (Wildman–Crippen LogP) is 9.76. The van der Waals surface area contributed by atoms with Crippen LogP contribution in [0.5, 0.6) is 11.8 Å². The van der Waals surface area contributed by atoms with Crippen molar-refractivity contribution >= 4 is 111 Å². The van der Waals surface area contributed by atoms with Crippen molar-refractivity contribution in [2.24, 2.45) is 0 Å². The molecule has 0 unspecified atom stereocenters. The van der Waals surface area contributed by atoms with Gasteiger partial charge in [-0.3, -0.25) is 56.5 Å². The molecular weight excluding hydrogens is 1520 g/mol. The molecule has 4 N–H and O–H groups in total. The first kappa shape index (κ1) is 75.1. The minimum Gasteiger partial charge on any atom is -0.481 e. The van der Waals surface area contributed by atoms with Crippen molar-refractivity contribution in [2.75, 3.05) is 36.2 Å². The lowest BCUT2D eigenvalue weighted by Crippen LogP contribution is -2.37. The molecule has 2 saturated carbocycles. The van der Waals surface area contributed by atoms with E-state index in [0.717, 1.165) is 92.3 Å². The molecule has 2 aliphatic rings. The number of nitrogens with zero attached hydrogens (tertiary/aromatic N) is 14. The Morgan fingerprint density at radius 2 is 0.898 bits per heavy atom. The van der Waals surface area contributed by atoms with Crippen LogP contribution in [0.2, 0.25) is 10.0 Å². The fourth-order valence-electron chi connectivity index (χ4n) is 12.4. The molecular formula is C68H60Cl2F8N18O10S2. The standard InChI is InChI=1S/2C34H30ClF4N9O5S/c2*1-53-28-8-5-21-31(41-28)42-33(24(13-17-11-19(36)14-20(37)12-17)40-27(49)16-46-10-9-23(43-46)18-3-4-18)48(34(21)50)25-7-6-22(35)29-30(25)47(15-26(38)39)44-32(29)45-54(2,51)52/h2*5-12,14,18,24,26H,3-4,13,15-16H2,1-2H3,(H,40,49)(H,44,45)/t2*24-/m00/s1. The number of anilines is 2. The first-order chi connectivity index (χ1) is 51.3. The van der Waals surface area contributed by atoms with E-state index in [1.54, 1.807) is 24.5 Å². The zero-order chi connectivity index (χ0) is 76.9. The Labute approximate surface area is 615 Å². The Kier molecular flexibility index (Phi) is 21.1. The normalized spacial score (nSPS) is 13.9. The van der Waals surface area contributed by atoms with Crippen LogP contribution in [0.4, 0.5) is 46.8 Å². The van der Waals surface area contributed by atoms with Crippen LogP contribution in [-0.4, -0.2) is 136 Å². The van der Waals surface area contributed by atoms with Crippen LogP contribution in [0.3, 0.4) is 0 Å². The van der Waals surface area contributed by atoms with Gasteiger partial charge in [-0.15, -0.1) is 0 Å². The highest BCUT2D eigenvalue weighted by molar-refractivity contribution is 7.92. The van der Waals surface area contributed by atoms with Crippen LogP contribution in [0.15, 0.2) is 119 Å². The van der Waals surface area contributed by atoms with Crippen LogP contribution < -0.4 is 40.7 Å². The molecule has 2 amide bonds. The number of fused-ring (bicyclic) bond motifs is 4. The summed E-state index contributed by atoms with van der Waals surface area (Å²) in [6, 6.07) is 17.2. The number of nitrogens with one attached hydrogen (secondary N) is 4. The number of carbonyl (C=O) groups excluding carboxylic acids is 2. The smallest absolute Gasteiger partial charge is 0.267 e. The van der Waals surface area contributed by atoms with Gasteiger partial charge < -0.3 is 20.1 Å². The fourth-order valence-corrected chi connectivity index (χ4v) is 13.9. The van der Waals surface area contributed by atoms with E-state index in [9.17, 15) is 71.1 Å². The summed E-state index contributed by atoms with van der Waals surface area (Å²) in [6.45, 7) is -2.65. The number of methoxy groups -OCH3 is 2. The third kappa shape index (κ3) is 16.8. The number of halogens is 10. The average Bonchev–Trinajstić information content (AvgIpc) is 1.48. The zero-order valence-electron chi connectivity index (χ0n) is 56.9. The average molecular weight is 1580 g/mol. The number of sulfonamides is 2. The molecule has 0 aliphatic heterocycles. The van der Waals surface area contributed by atoms with Gasteiger partial charge in [0, 0.05) is 61.3 Å². The molecule has 0 radical (unpaired) electrons. The molecule has 108 heavy (non-hydrogen) atoms. The van der Waals surface area contributed by atoms with Gasteiger partial charge in [0.2, 0.25) is 43.6 Å². The van der Waals surface area contributed by atoms with Gasteiger partial charge in [-0.05, 0) is 110 Å². The minimum absolute atomic E-state index is 0.0658. The maximum Gasteiger partial charge on any atom is 0.267 e. The van der Waals surface area contributed by atoms with Crippen LogP contribution >= 0.6 is 23.2 Å². The van der Waals surface area contributed by atoms with Crippen LogP contribution in [0.1, 0.15) is 83.8 Å². The van der Waals surface area contributed by atoms with Gasteiger partial charge in [0.1, 0.15) is 61.1 Å².